The lowest BCUT2D eigenvalue weighted by atomic mass is 9.94. The zero-order valence-corrected chi connectivity index (χ0v) is 48.7. The minimum absolute atomic E-state index is 0.0678. The molecule has 9 heterocycles. The summed E-state index contributed by atoms with van der Waals surface area (Å²) in [7, 11) is -2.43. The lowest BCUT2D eigenvalue weighted by Crippen LogP contribution is -2.34. The molecule has 3 atom stereocenters. The summed E-state index contributed by atoms with van der Waals surface area (Å²) in [5, 5.41) is 0. The fourth-order valence-electron chi connectivity index (χ4n) is 10.4. The monoisotopic (exact) mass is 1230 g/mol. The van der Waals surface area contributed by atoms with Crippen LogP contribution in [0.3, 0.4) is 0 Å². The molecular weight excluding hydrogens is 1170 g/mol. The third-order valence-corrected chi connectivity index (χ3v) is 15.6. The molecule has 3 saturated heterocycles. The topological polar surface area (TPSA) is 250 Å². The second-order valence-corrected chi connectivity index (χ2v) is 22.2. The van der Waals surface area contributed by atoms with E-state index in [9.17, 15) is 36.0 Å². The molecule has 6 aliphatic heterocycles. The molecule has 0 amide bonds. The summed E-state index contributed by atoms with van der Waals surface area (Å²) in [6.45, 7) is 7.96. The summed E-state index contributed by atoms with van der Waals surface area (Å²) in [6, 6.07) is 21.4. The maximum Gasteiger partial charge on any atom is 0.534 e. The van der Waals surface area contributed by atoms with E-state index in [1.807, 2.05) is 24.3 Å². The van der Waals surface area contributed by atoms with Crippen molar-refractivity contribution in [3.05, 3.63) is 132 Å². The maximum absolute atomic E-state index is 12.6. The predicted molar refractivity (Wildman–Crippen MR) is 306 cm³/mol. The van der Waals surface area contributed by atoms with Crippen LogP contribution in [0.1, 0.15) is 34.2 Å². The molecule has 3 aromatic heterocycles. The van der Waals surface area contributed by atoms with E-state index in [1.165, 1.54) is 33.9 Å². The van der Waals surface area contributed by atoms with Crippen molar-refractivity contribution in [1.82, 2.24) is 28.7 Å². The first-order valence-corrected chi connectivity index (χ1v) is 29.7. The molecule has 0 saturated carbocycles. The molecule has 27 heteroatoms. The molecule has 3 aromatic carbocycles. The summed E-state index contributed by atoms with van der Waals surface area (Å²) < 4.78 is 129. The molecule has 6 aromatic rings. The van der Waals surface area contributed by atoms with Gasteiger partial charge in [0.05, 0.1) is 76.5 Å². The quantitative estimate of drug-likeness (QED) is 0.0556. The van der Waals surface area contributed by atoms with E-state index < -0.39 is 27.1 Å². The molecule has 87 heavy (non-hydrogen) atoms. The number of hydrogen-bond acceptors (Lipinski definition) is 20. The molecule has 464 valence electrons. The summed E-state index contributed by atoms with van der Waals surface area (Å²) in [4.78, 5) is 49.4. The third-order valence-electron chi connectivity index (χ3n) is 14.6. The maximum atomic E-state index is 12.6. The van der Waals surface area contributed by atoms with Crippen molar-refractivity contribution < 1.29 is 77.9 Å². The number of nitrogens with zero attached hydrogens (tertiary/aromatic N) is 6. The van der Waals surface area contributed by atoms with Gasteiger partial charge in [-0.3, -0.25) is 13.7 Å². The van der Waals surface area contributed by atoms with E-state index in [0.717, 1.165) is 72.0 Å². The average molecular weight is 1230 g/mol. The Kier molecular flexibility index (Phi) is 20.8. The highest BCUT2D eigenvalue weighted by Gasteiger charge is 2.48. The predicted octanol–water partition coefficient (Wildman–Crippen LogP) is 4.59. The van der Waals surface area contributed by atoms with Gasteiger partial charge in [0, 0.05) is 80.9 Å². The summed E-state index contributed by atoms with van der Waals surface area (Å²) in [5.41, 5.74) is 3.25. The van der Waals surface area contributed by atoms with Gasteiger partial charge >= 0.3 is 32.7 Å². The van der Waals surface area contributed by atoms with Gasteiger partial charge in [-0.25, -0.2) is 14.4 Å². The van der Waals surface area contributed by atoms with Gasteiger partial charge in [-0.15, -0.1) is 0 Å². The van der Waals surface area contributed by atoms with Gasteiger partial charge in [0.25, 0.3) is 0 Å². The molecule has 0 unspecified atom stereocenters. The number of ether oxygens (including phenoxy) is 11. The van der Waals surface area contributed by atoms with Crippen LogP contribution >= 0.6 is 0 Å². The summed E-state index contributed by atoms with van der Waals surface area (Å²) in [6.07, 6.45) is 3.29. The van der Waals surface area contributed by atoms with Crippen LogP contribution in [0.5, 0.6) is 23.4 Å². The van der Waals surface area contributed by atoms with Crippen LogP contribution in [-0.2, 0) is 93.3 Å². The van der Waals surface area contributed by atoms with Crippen LogP contribution in [0.2, 0.25) is 0 Å². The fourth-order valence-corrected chi connectivity index (χ4v) is 10.8. The Bertz CT molecular complexity index is 3750. The molecule has 6 aliphatic rings. The fraction of sp³-hybridized carbons (Fsp3) is 0.467. The minimum Gasteiger partial charge on any atom is -0.475 e. The van der Waals surface area contributed by atoms with Gasteiger partial charge < -0.3 is 56.3 Å². The number of methoxy groups -OCH3 is 2. The Hall–Kier alpha value is -7.52. The molecule has 23 nitrogen and oxygen atoms in total. The van der Waals surface area contributed by atoms with E-state index in [2.05, 4.69) is 55.2 Å². The number of hydrogen-bond donors (Lipinski definition) is 0. The highest BCUT2D eigenvalue weighted by molar-refractivity contribution is 7.88. The second-order valence-electron chi connectivity index (χ2n) is 20.6. The van der Waals surface area contributed by atoms with E-state index in [-0.39, 0.29) is 55.1 Å². The first-order valence-electron chi connectivity index (χ1n) is 28.3. The first-order chi connectivity index (χ1) is 42.1. The van der Waals surface area contributed by atoms with Gasteiger partial charge in [0.2, 0.25) is 17.6 Å². The van der Waals surface area contributed by atoms with Gasteiger partial charge in [-0.05, 0) is 84.7 Å². The second kappa shape index (κ2) is 29.0. The van der Waals surface area contributed by atoms with Crippen LogP contribution in [0, 0.1) is 11.8 Å². The zero-order valence-electron chi connectivity index (χ0n) is 47.9. The minimum atomic E-state index is -5.78. The van der Waals surface area contributed by atoms with Crippen LogP contribution in [-0.4, -0.2) is 168 Å². The molecule has 0 spiro atoms. The van der Waals surface area contributed by atoms with Gasteiger partial charge in [0.1, 0.15) is 50.5 Å². The Labute approximate surface area is 498 Å². The lowest BCUT2D eigenvalue weighted by molar-refractivity contribution is -0.102. The number of fused-ring (bicyclic) bond motifs is 9. The Morgan fingerprint density at radius 2 is 1.02 bits per heavy atom. The molecule has 12 rings (SSSR count). The van der Waals surface area contributed by atoms with Gasteiger partial charge in [-0.1, -0.05) is 36.1 Å². The standard InChI is InChI=1S/C21H26N2O5.C21H22N2O5.C18H17F3N2O7S/c2*1-25-8-2-3-15-4-5-18-16(11-15)6-7-23-19(18)12-20(22-21(23)24)28-14-17-13-26-9-10-27-17;19-18(20,21)31(25,26)30-12-1-2-14-11(7-12)3-4-23-15(14)8-16(22-17(23)24)29-10-13-9-27-5-6-28-13/h4-5,11-12,17H,2-3,6-10,13-14H2,1H3;4-5,11-12,17H,6-10,13-14H2,1H3;1-2,7-8,13H,3-6,9-10H2/t2*17-;13-/m111/s1. The van der Waals surface area contributed by atoms with Gasteiger partial charge in [-0.2, -0.15) is 36.5 Å². The van der Waals surface area contributed by atoms with E-state index in [4.69, 9.17) is 52.1 Å². The summed E-state index contributed by atoms with van der Waals surface area (Å²) in [5.74, 6) is 6.30. The Balaban J connectivity index is 0.000000145. The van der Waals surface area contributed by atoms with Crippen molar-refractivity contribution in [2.75, 3.05) is 107 Å². The van der Waals surface area contributed by atoms with Gasteiger partial charge in [0.15, 0.2) is 0 Å². The summed E-state index contributed by atoms with van der Waals surface area (Å²) >= 11 is 0. The van der Waals surface area contributed by atoms with Crippen molar-refractivity contribution >= 4 is 10.1 Å². The number of aromatic nitrogens is 6. The van der Waals surface area contributed by atoms with Crippen LogP contribution in [0.4, 0.5) is 13.2 Å². The smallest absolute Gasteiger partial charge is 0.475 e. The van der Waals surface area contributed by atoms with Crippen molar-refractivity contribution in [3.8, 4) is 69.0 Å². The average Bonchev–Trinajstić information content (AvgIpc) is 1.53. The van der Waals surface area contributed by atoms with Crippen molar-refractivity contribution in [3.63, 3.8) is 0 Å². The number of alkyl halides is 3. The molecule has 0 radical (unpaired) electrons. The lowest BCUT2D eigenvalue weighted by Gasteiger charge is -2.24. The highest BCUT2D eigenvalue weighted by Crippen LogP contribution is 2.36. The SMILES string of the molecule is COCC#Cc1ccc2c(c1)CCn1c-2cc(OC[C@H]2COCCO2)nc1=O.COCCCc1ccc2c(c1)CCn1c-2cc(OC[C@H]2COCCO2)nc1=O.O=c1nc(OC[C@H]2COCCO2)cc2n1CCc1cc(OS(=O)(=O)C(F)(F)F)ccc1-2. The largest absolute Gasteiger partial charge is 0.534 e. The number of aryl methyl sites for hydroxylation is 4. The van der Waals surface area contributed by atoms with Crippen molar-refractivity contribution in [1.29, 1.82) is 0 Å². The molecular formula is C60H65F3N6O17S. The van der Waals surface area contributed by atoms with Crippen LogP contribution in [0.25, 0.3) is 33.8 Å². The van der Waals surface area contributed by atoms with Crippen LogP contribution in [0.15, 0.2) is 87.2 Å². The van der Waals surface area contributed by atoms with Crippen molar-refractivity contribution in [2.45, 2.75) is 75.6 Å². The molecule has 0 bridgehead atoms. The van der Waals surface area contributed by atoms with Crippen molar-refractivity contribution in [2.24, 2.45) is 0 Å². The number of rotatable bonds is 16. The molecule has 0 N–H and O–H groups in total. The van der Waals surface area contributed by atoms with E-state index in [1.54, 1.807) is 23.4 Å². The molecule has 3 fully saturated rings. The molecule has 0 aliphatic carbocycles. The van der Waals surface area contributed by atoms with E-state index in [0.29, 0.717) is 121 Å². The first kappa shape index (κ1) is 62.5. The Morgan fingerprint density at radius 3 is 1.46 bits per heavy atom. The van der Waals surface area contributed by atoms with Crippen LogP contribution < -0.4 is 35.5 Å². The zero-order chi connectivity index (χ0) is 60.9. The number of halogens is 3. The van der Waals surface area contributed by atoms with E-state index >= 15 is 0 Å². The number of benzene rings is 3. The Morgan fingerprint density at radius 1 is 0.575 bits per heavy atom. The third kappa shape index (κ3) is 16.0. The highest BCUT2D eigenvalue weighted by atomic mass is 32.2. The normalized spacial score (nSPS) is 18.3.